The fourth-order valence-electron chi connectivity index (χ4n) is 1.12. The van der Waals surface area contributed by atoms with Crippen molar-refractivity contribution in [1.29, 1.82) is 0 Å². The Kier molecular flexibility index (Phi) is 5.01. The molecule has 0 radical (unpaired) electrons. The molecule has 0 bridgehead atoms. The highest BCUT2D eigenvalue weighted by Crippen LogP contribution is 2.06. The maximum Gasteiger partial charge on any atom is 0.0996 e. The molecule has 0 fully saturated rings. The van der Waals surface area contributed by atoms with E-state index < -0.39 is 0 Å². The first-order chi connectivity index (χ1) is 6.33. The van der Waals surface area contributed by atoms with Crippen molar-refractivity contribution in [3.8, 4) is 0 Å². The third kappa shape index (κ3) is 4.39. The number of benzene rings is 1. The van der Waals surface area contributed by atoms with Crippen molar-refractivity contribution < 1.29 is 4.21 Å². The second-order valence-electron chi connectivity index (χ2n) is 2.78. The molecule has 70 valence electrons. The second kappa shape index (κ2) is 6.11. The largest absolute Gasteiger partial charge is 0.212 e. The van der Waals surface area contributed by atoms with E-state index in [0.29, 0.717) is 11.3 Å². The van der Waals surface area contributed by atoms with E-state index in [1.807, 2.05) is 18.2 Å². The summed E-state index contributed by atoms with van der Waals surface area (Å²) in [6, 6.07) is 10.3. The van der Waals surface area contributed by atoms with E-state index in [9.17, 15) is 4.21 Å². The first-order valence-corrected chi connectivity index (χ1v) is 5.71. The topological polar surface area (TPSA) is 17.1 Å². The van der Waals surface area contributed by atoms with Crippen molar-refractivity contribution in [2.24, 2.45) is 0 Å². The minimum absolute atomic E-state index is 0.543. The summed E-state index contributed by atoms with van der Waals surface area (Å²) in [5, 5.41) is 0. The van der Waals surface area contributed by atoms with Crippen molar-refractivity contribution in [2.45, 2.75) is 19.3 Å². The van der Waals surface area contributed by atoms with Crippen LogP contribution >= 0.6 is 15.9 Å². The van der Waals surface area contributed by atoms with Gasteiger partial charge in [-0.05, 0) is 40.8 Å². The zero-order valence-corrected chi connectivity index (χ0v) is 9.61. The van der Waals surface area contributed by atoms with Gasteiger partial charge in [-0.25, -0.2) is 4.21 Å². The molecule has 0 saturated heterocycles. The first kappa shape index (κ1) is 10.7. The van der Waals surface area contributed by atoms with Crippen molar-refractivity contribution in [3.05, 3.63) is 35.9 Å². The Balaban J connectivity index is 2.32. The lowest BCUT2D eigenvalue weighted by molar-refractivity contribution is 0.700. The Hall–Kier alpha value is -0.410. The predicted molar refractivity (Wildman–Crippen MR) is 61.5 cm³/mol. The molecule has 13 heavy (non-hydrogen) atoms. The van der Waals surface area contributed by atoms with Gasteiger partial charge in [0.05, 0.1) is 15.0 Å². The van der Waals surface area contributed by atoms with Gasteiger partial charge in [-0.2, -0.15) is 0 Å². The molecular formula is C10H11BrOS. The maximum atomic E-state index is 10.3. The van der Waals surface area contributed by atoms with Crippen LogP contribution in [0, 0.1) is 0 Å². The third-order valence-corrected chi connectivity index (χ3v) is 2.95. The molecule has 0 aromatic heterocycles. The van der Waals surface area contributed by atoms with Crippen LogP contribution in [0.5, 0.6) is 0 Å². The summed E-state index contributed by atoms with van der Waals surface area (Å²) in [5.74, 6) is 0. The number of halogens is 1. The lowest BCUT2D eigenvalue weighted by atomic mass is 10.1. The molecule has 0 amide bonds. The Morgan fingerprint density at radius 3 is 2.62 bits per heavy atom. The van der Waals surface area contributed by atoms with E-state index in [1.165, 1.54) is 5.56 Å². The summed E-state index contributed by atoms with van der Waals surface area (Å²) >= 11 is 3.76. The van der Waals surface area contributed by atoms with Crippen LogP contribution in [-0.4, -0.2) is 7.98 Å². The molecule has 0 atom stereocenters. The molecule has 0 aliphatic heterocycles. The van der Waals surface area contributed by atoms with Crippen molar-refractivity contribution in [1.82, 2.24) is 0 Å². The van der Waals surface area contributed by atoms with Crippen LogP contribution in [0.25, 0.3) is 0 Å². The summed E-state index contributed by atoms with van der Waals surface area (Å²) in [6.45, 7) is 0. The van der Waals surface area contributed by atoms with E-state index in [-0.39, 0.29) is 0 Å². The molecule has 0 heterocycles. The van der Waals surface area contributed by atoms with Crippen LogP contribution < -0.4 is 0 Å². The molecule has 0 saturated carbocycles. The Labute approximate surface area is 90.4 Å². The van der Waals surface area contributed by atoms with E-state index in [2.05, 4.69) is 28.1 Å². The van der Waals surface area contributed by atoms with Crippen LogP contribution in [0.1, 0.15) is 18.4 Å². The molecule has 1 aromatic rings. The minimum atomic E-state index is 0.543. The SMILES string of the molecule is O=S=C(Br)CCCc1ccccc1. The normalized spacial score (nSPS) is 9.62. The van der Waals surface area contributed by atoms with Gasteiger partial charge in [0.2, 0.25) is 0 Å². The highest BCUT2D eigenvalue weighted by molar-refractivity contribution is 9.19. The summed E-state index contributed by atoms with van der Waals surface area (Å²) in [7, 11) is 0. The van der Waals surface area contributed by atoms with E-state index in [0.717, 1.165) is 23.0 Å². The number of aryl methyl sites for hydroxylation is 1. The molecule has 0 aliphatic carbocycles. The average Bonchev–Trinajstić information content (AvgIpc) is 2.19. The van der Waals surface area contributed by atoms with Gasteiger partial charge in [-0.1, -0.05) is 30.3 Å². The fraction of sp³-hybridized carbons (Fsp3) is 0.300. The molecule has 3 heteroatoms. The van der Waals surface area contributed by atoms with E-state index in [4.69, 9.17) is 0 Å². The van der Waals surface area contributed by atoms with Crippen LogP contribution in [0.3, 0.4) is 0 Å². The molecule has 0 N–H and O–H groups in total. The van der Waals surface area contributed by atoms with E-state index >= 15 is 0 Å². The van der Waals surface area contributed by atoms with Gasteiger partial charge in [0.15, 0.2) is 0 Å². The van der Waals surface area contributed by atoms with Crippen molar-refractivity contribution in [3.63, 3.8) is 0 Å². The van der Waals surface area contributed by atoms with Gasteiger partial charge in [-0.3, -0.25) is 0 Å². The maximum absolute atomic E-state index is 10.3. The minimum Gasteiger partial charge on any atom is -0.212 e. The molecule has 0 aliphatic rings. The molecule has 0 spiro atoms. The summed E-state index contributed by atoms with van der Waals surface area (Å²) in [6.07, 6.45) is 2.92. The zero-order chi connectivity index (χ0) is 9.52. The Morgan fingerprint density at radius 1 is 1.31 bits per heavy atom. The molecule has 1 rings (SSSR count). The Morgan fingerprint density at radius 2 is 2.00 bits per heavy atom. The third-order valence-electron chi connectivity index (χ3n) is 1.77. The van der Waals surface area contributed by atoms with Gasteiger partial charge in [0.25, 0.3) is 0 Å². The summed E-state index contributed by atoms with van der Waals surface area (Å²) in [5.41, 5.74) is 1.33. The van der Waals surface area contributed by atoms with Gasteiger partial charge in [-0.15, -0.1) is 0 Å². The quantitative estimate of drug-likeness (QED) is 0.600. The lowest BCUT2D eigenvalue weighted by Crippen LogP contribution is -1.89. The van der Waals surface area contributed by atoms with Crippen LogP contribution in [0.4, 0.5) is 0 Å². The molecule has 1 aromatic carbocycles. The second-order valence-corrected chi connectivity index (χ2v) is 4.92. The number of hydrogen-bond donors (Lipinski definition) is 0. The number of rotatable bonds is 4. The smallest absolute Gasteiger partial charge is 0.0996 e. The van der Waals surface area contributed by atoms with Crippen LogP contribution in [0.2, 0.25) is 0 Å². The fourth-order valence-corrected chi connectivity index (χ4v) is 1.63. The predicted octanol–water partition coefficient (Wildman–Crippen LogP) is 2.75. The highest BCUT2D eigenvalue weighted by Gasteiger charge is 1.94. The van der Waals surface area contributed by atoms with Crippen molar-refractivity contribution in [2.75, 3.05) is 0 Å². The van der Waals surface area contributed by atoms with Gasteiger partial charge in [0, 0.05) is 0 Å². The number of hydrogen-bond acceptors (Lipinski definition) is 1. The van der Waals surface area contributed by atoms with Gasteiger partial charge >= 0.3 is 0 Å². The Bertz CT molecular complexity index is 304. The first-order valence-electron chi connectivity index (χ1n) is 4.18. The monoisotopic (exact) mass is 258 g/mol. The highest BCUT2D eigenvalue weighted by atomic mass is 79.9. The van der Waals surface area contributed by atoms with Crippen LogP contribution in [0.15, 0.2) is 30.3 Å². The zero-order valence-electron chi connectivity index (χ0n) is 7.20. The van der Waals surface area contributed by atoms with Gasteiger partial charge < -0.3 is 0 Å². The lowest BCUT2D eigenvalue weighted by Gasteiger charge is -1.98. The van der Waals surface area contributed by atoms with E-state index in [1.54, 1.807) is 0 Å². The van der Waals surface area contributed by atoms with Gasteiger partial charge in [0.1, 0.15) is 0 Å². The standard InChI is InChI=1S/C10H11BrOS/c11-10(13-12)8-4-7-9-5-2-1-3-6-9/h1-3,5-6H,4,7-8H2. The summed E-state index contributed by atoms with van der Waals surface area (Å²) in [4.78, 5) is 0. The molecule has 0 unspecified atom stereocenters. The summed E-state index contributed by atoms with van der Waals surface area (Å²) < 4.78 is 11.1. The molecular weight excluding hydrogens is 248 g/mol. The average molecular weight is 259 g/mol. The molecule has 1 nitrogen and oxygen atoms in total. The van der Waals surface area contributed by atoms with Crippen molar-refractivity contribution >= 4 is 31.0 Å². The van der Waals surface area contributed by atoms with Crippen LogP contribution in [-0.2, 0) is 17.7 Å².